The lowest BCUT2D eigenvalue weighted by molar-refractivity contribution is 0.173. The van der Waals surface area contributed by atoms with Crippen molar-refractivity contribution in [3.63, 3.8) is 0 Å². The van der Waals surface area contributed by atoms with Gasteiger partial charge < -0.3 is 5.11 Å². The molecule has 0 aliphatic heterocycles. The number of unbranched alkanes of at least 4 members (excludes halogenated alkanes) is 6. The van der Waals surface area contributed by atoms with Crippen molar-refractivity contribution in [2.45, 2.75) is 77.7 Å². The molecule has 2 heteroatoms. The van der Waals surface area contributed by atoms with Crippen LogP contribution in [0, 0.1) is 0 Å². The molecule has 0 aliphatic carbocycles. The Morgan fingerprint density at radius 2 is 1.52 bits per heavy atom. The summed E-state index contributed by atoms with van der Waals surface area (Å²) in [7, 11) is 0. The molecule has 0 saturated heterocycles. The Morgan fingerprint density at radius 1 is 0.840 bits per heavy atom. The highest BCUT2D eigenvalue weighted by Gasteiger charge is 2.05. The fraction of sp³-hybridized carbons (Fsp3) is 0.522. The molecule has 136 valence electrons. The first-order valence-corrected chi connectivity index (χ1v) is 9.98. The maximum atomic E-state index is 9.87. The molecule has 2 aromatic rings. The molecule has 2 nitrogen and oxygen atoms in total. The number of nitrogens with zero attached hydrogens (tertiary/aromatic N) is 1. The molecule has 1 N–H and O–H groups in total. The molecule has 2 rings (SSSR count). The monoisotopic (exact) mass is 339 g/mol. The Kier molecular flexibility index (Phi) is 8.68. The fourth-order valence-corrected chi connectivity index (χ4v) is 3.14. The molecule has 0 saturated carbocycles. The van der Waals surface area contributed by atoms with E-state index in [1.807, 2.05) is 37.4 Å². The number of aliphatic hydroxyl groups is 1. The summed E-state index contributed by atoms with van der Waals surface area (Å²) >= 11 is 0. The zero-order chi connectivity index (χ0) is 17.9. The number of hydrogen-bond donors (Lipinski definition) is 1. The summed E-state index contributed by atoms with van der Waals surface area (Å²) in [5.41, 5.74) is 4.41. The second-order valence-electron chi connectivity index (χ2n) is 6.97. The van der Waals surface area contributed by atoms with Crippen LogP contribution in [0.25, 0.3) is 11.3 Å². The van der Waals surface area contributed by atoms with Gasteiger partial charge in [-0.25, -0.2) is 0 Å². The summed E-state index contributed by atoms with van der Waals surface area (Å²) in [5, 5.41) is 9.87. The minimum absolute atomic E-state index is 0.369. The molecule has 0 spiro atoms. The number of hydrogen-bond acceptors (Lipinski definition) is 2. The summed E-state index contributed by atoms with van der Waals surface area (Å²) in [6, 6.07) is 12.4. The van der Waals surface area contributed by atoms with Gasteiger partial charge in [0.2, 0.25) is 0 Å². The number of aliphatic hydroxyl groups excluding tert-OH is 1. The Morgan fingerprint density at radius 3 is 2.12 bits per heavy atom. The van der Waals surface area contributed by atoms with E-state index in [9.17, 15) is 5.11 Å². The van der Waals surface area contributed by atoms with Gasteiger partial charge in [0.15, 0.2) is 0 Å². The molecule has 1 aromatic heterocycles. The minimum Gasteiger partial charge on any atom is -0.388 e. The van der Waals surface area contributed by atoms with Crippen LogP contribution in [0.2, 0.25) is 0 Å². The van der Waals surface area contributed by atoms with Crippen LogP contribution in [0.5, 0.6) is 0 Å². The summed E-state index contributed by atoms with van der Waals surface area (Å²) in [6.45, 7) is 4.25. The largest absolute Gasteiger partial charge is 0.388 e. The summed E-state index contributed by atoms with van der Waals surface area (Å²) in [6.07, 6.45) is 12.9. The van der Waals surface area contributed by atoms with Gasteiger partial charge in [-0.1, -0.05) is 82.7 Å². The molecule has 25 heavy (non-hydrogen) atoms. The molecule has 0 radical (unpaired) electrons. The third-order valence-corrected chi connectivity index (χ3v) is 4.87. The number of pyridine rings is 1. The maximum absolute atomic E-state index is 9.87. The fourth-order valence-electron chi connectivity index (χ4n) is 3.14. The van der Waals surface area contributed by atoms with Crippen molar-refractivity contribution in [1.82, 2.24) is 4.98 Å². The van der Waals surface area contributed by atoms with E-state index in [1.165, 1.54) is 50.5 Å². The van der Waals surface area contributed by atoms with Crippen LogP contribution < -0.4 is 0 Å². The van der Waals surface area contributed by atoms with Crippen LogP contribution in [-0.4, -0.2) is 10.1 Å². The van der Waals surface area contributed by atoms with Gasteiger partial charge in [0.05, 0.1) is 11.8 Å². The van der Waals surface area contributed by atoms with Gasteiger partial charge in [-0.15, -0.1) is 0 Å². The molecule has 1 atom stereocenters. The van der Waals surface area contributed by atoms with Crippen LogP contribution in [0.3, 0.4) is 0 Å². The van der Waals surface area contributed by atoms with E-state index in [0.29, 0.717) is 0 Å². The molecular formula is C23H33NO. The highest BCUT2D eigenvalue weighted by atomic mass is 16.3. The topological polar surface area (TPSA) is 33.1 Å². The molecule has 0 aliphatic rings. The normalized spacial score (nSPS) is 12.3. The lowest BCUT2D eigenvalue weighted by Crippen LogP contribution is -1.95. The van der Waals surface area contributed by atoms with Gasteiger partial charge in [0, 0.05) is 11.8 Å². The molecule has 0 bridgehead atoms. The SMILES string of the molecule is CCCCCCCCCc1ccc(-c2ccc(C(O)CC)cc2)nc1. The molecule has 0 amide bonds. The molecular weight excluding hydrogens is 306 g/mol. The number of aryl methyl sites for hydroxylation is 1. The standard InChI is InChI=1S/C23H33NO/c1-3-5-6-7-8-9-10-11-19-12-17-22(24-18-19)20-13-15-21(16-14-20)23(25)4-2/h12-18,23,25H,3-11H2,1-2H3. The second kappa shape index (κ2) is 11.0. The van der Waals surface area contributed by atoms with Crippen LogP contribution in [0.15, 0.2) is 42.6 Å². The first-order chi connectivity index (χ1) is 12.2. The molecule has 0 fully saturated rings. The van der Waals surface area contributed by atoms with Crippen molar-refractivity contribution in [3.8, 4) is 11.3 Å². The summed E-state index contributed by atoms with van der Waals surface area (Å²) < 4.78 is 0. The third kappa shape index (κ3) is 6.62. The minimum atomic E-state index is -0.369. The third-order valence-electron chi connectivity index (χ3n) is 4.87. The second-order valence-corrected chi connectivity index (χ2v) is 6.97. The van der Waals surface area contributed by atoms with E-state index in [1.54, 1.807) is 0 Å². The van der Waals surface area contributed by atoms with E-state index in [0.717, 1.165) is 29.7 Å². The van der Waals surface area contributed by atoms with Gasteiger partial charge in [0.1, 0.15) is 0 Å². The Bertz CT molecular complexity index is 588. The average Bonchev–Trinajstić information content (AvgIpc) is 2.67. The van der Waals surface area contributed by atoms with Crippen LogP contribution >= 0.6 is 0 Å². The average molecular weight is 340 g/mol. The summed E-state index contributed by atoms with van der Waals surface area (Å²) in [4.78, 5) is 4.62. The zero-order valence-electron chi connectivity index (χ0n) is 15.9. The van der Waals surface area contributed by atoms with Crippen molar-refractivity contribution in [3.05, 3.63) is 53.7 Å². The van der Waals surface area contributed by atoms with Crippen LogP contribution in [0.1, 0.15) is 82.4 Å². The molecule has 1 aromatic carbocycles. The number of rotatable bonds is 11. The number of aromatic nitrogens is 1. The van der Waals surface area contributed by atoms with E-state index >= 15 is 0 Å². The van der Waals surface area contributed by atoms with Gasteiger partial charge in [0.25, 0.3) is 0 Å². The predicted octanol–water partition coefficient (Wildman–Crippen LogP) is 6.49. The first-order valence-electron chi connectivity index (χ1n) is 9.98. The van der Waals surface area contributed by atoms with Crippen molar-refractivity contribution in [2.75, 3.05) is 0 Å². The van der Waals surface area contributed by atoms with Crippen molar-refractivity contribution >= 4 is 0 Å². The smallest absolute Gasteiger partial charge is 0.0787 e. The van der Waals surface area contributed by atoms with Gasteiger partial charge in [-0.2, -0.15) is 0 Å². The quantitative estimate of drug-likeness (QED) is 0.475. The highest BCUT2D eigenvalue weighted by Crippen LogP contribution is 2.22. The van der Waals surface area contributed by atoms with Crippen LogP contribution in [0.4, 0.5) is 0 Å². The van der Waals surface area contributed by atoms with Crippen molar-refractivity contribution < 1.29 is 5.11 Å². The Balaban J connectivity index is 1.79. The van der Waals surface area contributed by atoms with Crippen LogP contribution in [-0.2, 0) is 6.42 Å². The first kappa shape index (κ1) is 19.7. The maximum Gasteiger partial charge on any atom is 0.0787 e. The van der Waals surface area contributed by atoms with Crippen molar-refractivity contribution in [1.29, 1.82) is 0 Å². The predicted molar refractivity (Wildman–Crippen MR) is 107 cm³/mol. The molecule has 1 unspecified atom stereocenters. The summed E-state index contributed by atoms with van der Waals surface area (Å²) in [5.74, 6) is 0. The number of benzene rings is 1. The van der Waals surface area contributed by atoms with Crippen molar-refractivity contribution in [2.24, 2.45) is 0 Å². The lowest BCUT2D eigenvalue weighted by atomic mass is 10.0. The zero-order valence-corrected chi connectivity index (χ0v) is 15.9. The van der Waals surface area contributed by atoms with Gasteiger partial charge >= 0.3 is 0 Å². The van der Waals surface area contributed by atoms with Gasteiger partial charge in [-0.05, 0) is 36.5 Å². The Labute approximate surface area is 153 Å². The van der Waals surface area contributed by atoms with E-state index in [2.05, 4.69) is 24.0 Å². The Hall–Kier alpha value is -1.67. The van der Waals surface area contributed by atoms with E-state index in [-0.39, 0.29) is 6.10 Å². The lowest BCUT2D eigenvalue weighted by Gasteiger charge is -2.09. The van der Waals surface area contributed by atoms with E-state index in [4.69, 9.17) is 0 Å². The molecule has 1 heterocycles. The van der Waals surface area contributed by atoms with E-state index < -0.39 is 0 Å². The highest BCUT2D eigenvalue weighted by molar-refractivity contribution is 5.59. The van der Waals surface area contributed by atoms with Gasteiger partial charge in [-0.3, -0.25) is 4.98 Å².